The molecule has 0 aliphatic rings. The first-order chi connectivity index (χ1) is 20.3. The van der Waals surface area contributed by atoms with Crippen molar-refractivity contribution in [3.63, 3.8) is 0 Å². The molecule has 2 N–H and O–H groups in total. The van der Waals surface area contributed by atoms with Gasteiger partial charge in [-0.3, -0.25) is 14.2 Å². The maximum Gasteiger partial charge on any atom is 0.327 e. The summed E-state index contributed by atoms with van der Waals surface area (Å²) in [6.07, 6.45) is 1.50. The summed E-state index contributed by atoms with van der Waals surface area (Å²) in [6, 6.07) is 29.5. The Labute approximate surface area is 251 Å². The van der Waals surface area contributed by atoms with Crippen LogP contribution < -0.4 is 15.6 Å². The summed E-state index contributed by atoms with van der Waals surface area (Å²) in [5, 5.41) is 13.8. The molecular weight excluding hydrogens is 575 g/mol. The van der Waals surface area contributed by atoms with Crippen LogP contribution in [0.5, 0.6) is 11.5 Å². The number of hydrogen-bond donors (Lipinski definition) is 2. The number of carboxylic acid groups (broad SMARTS) is 1. The molecule has 0 fully saturated rings. The number of aliphatic carboxylic acids is 1. The maximum absolute atomic E-state index is 13.6. The summed E-state index contributed by atoms with van der Waals surface area (Å²) in [6.45, 7) is 0. The third-order valence-corrected chi connectivity index (χ3v) is 7.03. The smallest absolute Gasteiger partial charge is 0.327 e. The van der Waals surface area contributed by atoms with Crippen molar-refractivity contribution in [1.82, 2.24) is 4.57 Å². The summed E-state index contributed by atoms with van der Waals surface area (Å²) >= 11 is 12.1. The lowest BCUT2D eigenvalue weighted by Gasteiger charge is -2.19. The first kappa shape index (κ1) is 28.7. The second-order valence-corrected chi connectivity index (χ2v) is 10.3. The minimum Gasteiger partial charge on any atom is -0.480 e. The molecule has 0 spiro atoms. The number of amides is 1. The number of anilines is 1. The molecule has 5 aromatic rings. The van der Waals surface area contributed by atoms with Gasteiger partial charge >= 0.3 is 5.97 Å². The van der Waals surface area contributed by atoms with Gasteiger partial charge in [-0.2, -0.15) is 0 Å². The van der Waals surface area contributed by atoms with E-state index in [0.29, 0.717) is 38.2 Å². The normalized spacial score (nSPS) is 11.5. The highest BCUT2D eigenvalue weighted by Crippen LogP contribution is 2.26. The average molecular weight is 599 g/mol. The summed E-state index contributed by atoms with van der Waals surface area (Å²) in [7, 11) is 0. The van der Waals surface area contributed by atoms with E-state index in [9.17, 15) is 19.5 Å². The zero-order chi connectivity index (χ0) is 29.6. The molecule has 0 aliphatic heterocycles. The van der Waals surface area contributed by atoms with Crippen molar-refractivity contribution in [1.29, 1.82) is 0 Å². The number of hydrogen-bond acceptors (Lipinski definition) is 4. The average Bonchev–Trinajstić information content (AvgIpc) is 2.99. The van der Waals surface area contributed by atoms with Crippen molar-refractivity contribution >= 4 is 40.8 Å². The second kappa shape index (κ2) is 12.8. The van der Waals surface area contributed by atoms with E-state index >= 15 is 0 Å². The zero-order valence-corrected chi connectivity index (χ0v) is 23.5. The fourth-order valence-corrected chi connectivity index (χ4v) is 4.62. The number of carbonyl (C=O) groups is 2. The van der Waals surface area contributed by atoms with E-state index in [1.54, 1.807) is 72.8 Å². The number of para-hydroxylation sites is 1. The topological polar surface area (TPSA) is 97.6 Å². The highest BCUT2D eigenvalue weighted by molar-refractivity contribution is 6.30. The van der Waals surface area contributed by atoms with E-state index in [4.69, 9.17) is 27.9 Å². The Hall–Kier alpha value is -4.85. The van der Waals surface area contributed by atoms with Crippen LogP contribution in [0.25, 0.3) is 11.1 Å². The van der Waals surface area contributed by atoms with E-state index in [2.05, 4.69) is 5.32 Å². The van der Waals surface area contributed by atoms with Crippen LogP contribution in [0, 0.1) is 0 Å². The number of carboxylic acids is 1. The molecule has 0 radical (unpaired) electrons. The number of halogens is 2. The van der Waals surface area contributed by atoms with Crippen LogP contribution in [-0.2, 0) is 11.2 Å². The summed E-state index contributed by atoms with van der Waals surface area (Å²) in [5.41, 5.74) is 1.44. The van der Waals surface area contributed by atoms with Crippen LogP contribution in [0.15, 0.2) is 120 Å². The molecule has 210 valence electrons. The Morgan fingerprint density at radius 2 is 1.38 bits per heavy atom. The molecule has 42 heavy (non-hydrogen) atoms. The van der Waals surface area contributed by atoms with Crippen molar-refractivity contribution in [3.8, 4) is 22.6 Å². The number of benzene rings is 4. The third-order valence-electron chi connectivity index (χ3n) is 6.53. The zero-order valence-electron chi connectivity index (χ0n) is 22.0. The second-order valence-electron chi connectivity index (χ2n) is 9.44. The Morgan fingerprint density at radius 3 is 2.00 bits per heavy atom. The van der Waals surface area contributed by atoms with E-state index in [1.807, 2.05) is 30.3 Å². The van der Waals surface area contributed by atoms with E-state index in [-0.39, 0.29) is 17.7 Å². The number of aromatic nitrogens is 1. The molecule has 1 heterocycles. The van der Waals surface area contributed by atoms with Crippen LogP contribution in [0.4, 0.5) is 5.69 Å². The number of nitrogens with one attached hydrogen (secondary N) is 1. The molecule has 1 atom stereocenters. The van der Waals surface area contributed by atoms with E-state index in [1.165, 1.54) is 12.3 Å². The van der Waals surface area contributed by atoms with Crippen molar-refractivity contribution in [2.24, 2.45) is 0 Å². The number of nitrogens with zero attached hydrogens (tertiary/aromatic N) is 1. The SMILES string of the molecule is O=C(Nc1cc(-c2ccc(Cl)cc2)cn(C(Cc2ccc(Cl)cc2)C(=O)O)c1=O)c1ccc(Oc2ccccc2)cc1. The molecule has 1 amide bonds. The van der Waals surface area contributed by atoms with Crippen molar-refractivity contribution < 1.29 is 19.4 Å². The first-order valence-electron chi connectivity index (χ1n) is 12.9. The first-order valence-corrected chi connectivity index (χ1v) is 13.7. The van der Waals surface area contributed by atoms with Crippen LogP contribution in [-0.4, -0.2) is 21.6 Å². The van der Waals surface area contributed by atoms with Gasteiger partial charge in [-0.15, -0.1) is 0 Å². The van der Waals surface area contributed by atoms with E-state index < -0.39 is 23.5 Å². The predicted molar refractivity (Wildman–Crippen MR) is 164 cm³/mol. The number of carbonyl (C=O) groups excluding carboxylic acids is 1. The van der Waals surface area contributed by atoms with Gasteiger partial charge in [0.2, 0.25) is 0 Å². The van der Waals surface area contributed by atoms with Gasteiger partial charge in [0.05, 0.1) is 0 Å². The molecule has 7 nitrogen and oxygen atoms in total. The van der Waals surface area contributed by atoms with Crippen molar-refractivity contribution in [2.75, 3.05) is 5.32 Å². The van der Waals surface area contributed by atoms with Crippen LogP contribution in [0.1, 0.15) is 22.0 Å². The van der Waals surface area contributed by atoms with Gasteiger partial charge in [0, 0.05) is 33.8 Å². The standard InChI is InChI=1S/C33H24Cl2N2O5/c34-25-12-6-21(7-13-25)18-30(33(40)41)37-20-24(22-8-14-26(35)15-9-22)19-29(32(37)39)36-31(38)23-10-16-28(17-11-23)42-27-4-2-1-3-5-27/h1-17,19-20,30H,18H2,(H,36,38)(H,40,41). The molecule has 0 saturated heterocycles. The van der Waals surface area contributed by atoms with Crippen LogP contribution >= 0.6 is 23.2 Å². The Morgan fingerprint density at radius 1 is 0.786 bits per heavy atom. The van der Waals surface area contributed by atoms with Gasteiger partial charge in [-0.25, -0.2) is 4.79 Å². The van der Waals surface area contributed by atoms with Gasteiger partial charge in [0.15, 0.2) is 0 Å². The van der Waals surface area contributed by atoms with Gasteiger partial charge in [-0.1, -0.05) is 65.7 Å². The van der Waals surface area contributed by atoms with Gasteiger partial charge in [-0.05, 0) is 77.9 Å². The van der Waals surface area contributed by atoms with Crippen molar-refractivity contribution in [3.05, 3.63) is 147 Å². The summed E-state index contributed by atoms with van der Waals surface area (Å²) in [4.78, 5) is 39.3. The lowest BCUT2D eigenvalue weighted by atomic mass is 10.0. The number of pyridine rings is 1. The minimum atomic E-state index is -1.25. The number of rotatable bonds is 9. The van der Waals surface area contributed by atoms with Crippen molar-refractivity contribution in [2.45, 2.75) is 12.5 Å². The number of ether oxygens (including phenoxy) is 1. The largest absolute Gasteiger partial charge is 0.480 e. The molecule has 5 rings (SSSR count). The quantitative estimate of drug-likeness (QED) is 0.181. The Balaban J connectivity index is 1.48. The fraction of sp³-hybridized carbons (Fsp3) is 0.0606. The highest BCUT2D eigenvalue weighted by Gasteiger charge is 2.24. The van der Waals surface area contributed by atoms with Gasteiger partial charge < -0.3 is 15.2 Å². The maximum atomic E-state index is 13.6. The van der Waals surface area contributed by atoms with Crippen LogP contribution in [0.3, 0.4) is 0 Å². The highest BCUT2D eigenvalue weighted by atomic mass is 35.5. The molecular formula is C33H24Cl2N2O5. The molecule has 1 unspecified atom stereocenters. The monoisotopic (exact) mass is 598 g/mol. The van der Waals surface area contributed by atoms with Gasteiger partial charge in [0.25, 0.3) is 11.5 Å². The minimum absolute atomic E-state index is 0.0206. The summed E-state index contributed by atoms with van der Waals surface area (Å²) < 4.78 is 6.92. The predicted octanol–water partition coefficient (Wildman–Crippen LogP) is 7.74. The fourth-order valence-electron chi connectivity index (χ4n) is 4.37. The molecule has 9 heteroatoms. The summed E-state index contributed by atoms with van der Waals surface area (Å²) in [5.74, 6) is -0.550. The van der Waals surface area contributed by atoms with Crippen LogP contribution in [0.2, 0.25) is 10.0 Å². The molecule has 0 bridgehead atoms. The molecule has 4 aromatic carbocycles. The molecule has 1 aromatic heterocycles. The van der Waals surface area contributed by atoms with E-state index in [0.717, 1.165) is 4.57 Å². The molecule has 0 aliphatic carbocycles. The lowest BCUT2D eigenvalue weighted by Crippen LogP contribution is -2.33. The third kappa shape index (κ3) is 6.89. The lowest BCUT2D eigenvalue weighted by molar-refractivity contribution is -0.141. The Kier molecular flexibility index (Phi) is 8.71. The van der Waals surface area contributed by atoms with Gasteiger partial charge in [0.1, 0.15) is 23.2 Å². The Bertz CT molecular complexity index is 1770. The molecule has 0 saturated carbocycles.